The topological polar surface area (TPSA) is 102 Å². The van der Waals surface area contributed by atoms with Gasteiger partial charge in [0.2, 0.25) is 5.09 Å². The van der Waals surface area contributed by atoms with Crippen LogP contribution in [-0.2, 0) is 27.4 Å². The van der Waals surface area contributed by atoms with Crippen molar-refractivity contribution in [3.63, 3.8) is 0 Å². The van der Waals surface area contributed by atoms with E-state index in [0.29, 0.717) is 24.6 Å². The molecule has 6 nitrogen and oxygen atoms in total. The Bertz CT molecular complexity index is 466. The van der Waals surface area contributed by atoms with Crippen LogP contribution in [0.25, 0.3) is 0 Å². The minimum atomic E-state index is -3.77. The first kappa shape index (κ1) is 13.4. The van der Waals surface area contributed by atoms with E-state index >= 15 is 0 Å². The number of primary sulfonamides is 1. The van der Waals surface area contributed by atoms with E-state index in [9.17, 15) is 12.6 Å². The predicted octanol–water partition coefficient (Wildman–Crippen LogP) is -0.605. The fourth-order valence-electron chi connectivity index (χ4n) is 1.03. The summed E-state index contributed by atoms with van der Waals surface area (Å²) in [7, 11) is -4.61. The summed E-state index contributed by atoms with van der Waals surface area (Å²) in [6, 6.07) is 2.85. The van der Waals surface area contributed by atoms with Gasteiger partial charge < -0.3 is 9.73 Å². The average molecular weight is 266 g/mol. The van der Waals surface area contributed by atoms with Gasteiger partial charge in [-0.15, -0.1) is 0 Å². The Morgan fingerprint density at radius 1 is 1.50 bits per heavy atom. The van der Waals surface area contributed by atoms with E-state index in [4.69, 9.17) is 9.56 Å². The highest BCUT2D eigenvalue weighted by molar-refractivity contribution is 7.89. The van der Waals surface area contributed by atoms with Crippen molar-refractivity contribution in [2.24, 2.45) is 5.14 Å². The summed E-state index contributed by atoms with van der Waals surface area (Å²) in [5, 5.41) is 7.61. The minimum Gasteiger partial charge on any atom is -0.447 e. The van der Waals surface area contributed by atoms with Crippen LogP contribution in [0.3, 0.4) is 0 Å². The summed E-state index contributed by atoms with van der Waals surface area (Å²) in [6.45, 7) is 0.960. The van der Waals surface area contributed by atoms with Crippen LogP contribution in [-0.4, -0.2) is 31.2 Å². The molecule has 16 heavy (non-hydrogen) atoms. The quantitative estimate of drug-likeness (QED) is 0.669. The number of hydrogen-bond acceptors (Lipinski definition) is 5. The van der Waals surface area contributed by atoms with Crippen LogP contribution >= 0.6 is 0 Å². The molecule has 0 saturated carbocycles. The standard InChI is InChI=1S/C8H14N2O4S2/c1-15(11)5-4-10-6-7-2-3-8(14-7)16(9,12)13/h2-3,10H,4-6H2,1H3,(H2,9,12,13). The number of furan rings is 1. The third-order valence-corrected chi connectivity index (χ3v) is 3.34. The fraction of sp³-hybridized carbons (Fsp3) is 0.500. The molecule has 8 heteroatoms. The van der Waals surface area contributed by atoms with Crippen molar-refractivity contribution < 1.29 is 17.0 Å². The molecule has 0 aliphatic heterocycles. The third kappa shape index (κ3) is 4.44. The second kappa shape index (κ2) is 5.58. The van der Waals surface area contributed by atoms with Gasteiger partial charge in [0.1, 0.15) is 5.76 Å². The largest absolute Gasteiger partial charge is 0.447 e. The Balaban J connectivity index is 2.44. The van der Waals surface area contributed by atoms with Crippen LogP contribution in [0.2, 0.25) is 0 Å². The van der Waals surface area contributed by atoms with Crippen molar-refractivity contribution in [1.29, 1.82) is 0 Å². The van der Waals surface area contributed by atoms with E-state index in [-0.39, 0.29) is 5.09 Å². The van der Waals surface area contributed by atoms with E-state index in [1.54, 1.807) is 6.26 Å². The van der Waals surface area contributed by atoms with E-state index in [1.165, 1.54) is 12.1 Å². The summed E-state index contributed by atoms with van der Waals surface area (Å²) in [6.07, 6.45) is 1.62. The Labute approximate surface area is 96.7 Å². The molecular weight excluding hydrogens is 252 g/mol. The number of rotatable bonds is 6. The van der Waals surface area contributed by atoms with Crippen molar-refractivity contribution in [3.8, 4) is 0 Å². The van der Waals surface area contributed by atoms with Crippen LogP contribution in [0, 0.1) is 0 Å². The molecule has 1 atom stereocenters. The molecule has 0 aromatic carbocycles. The van der Waals surface area contributed by atoms with Crippen LogP contribution in [0.5, 0.6) is 0 Å². The van der Waals surface area contributed by atoms with Gasteiger partial charge in [-0.2, -0.15) is 0 Å². The van der Waals surface area contributed by atoms with Crippen LogP contribution in [0.4, 0.5) is 0 Å². The van der Waals surface area contributed by atoms with Gasteiger partial charge in [0.05, 0.1) is 6.54 Å². The van der Waals surface area contributed by atoms with Gasteiger partial charge in [-0.1, -0.05) is 0 Å². The molecule has 0 radical (unpaired) electrons. The first-order chi connectivity index (χ1) is 7.39. The molecule has 0 aliphatic carbocycles. The fourth-order valence-corrected chi connectivity index (χ4v) is 1.95. The first-order valence-electron chi connectivity index (χ1n) is 4.52. The van der Waals surface area contributed by atoms with Gasteiger partial charge in [-0.3, -0.25) is 4.21 Å². The average Bonchev–Trinajstić information content (AvgIpc) is 2.59. The Morgan fingerprint density at radius 3 is 2.69 bits per heavy atom. The molecule has 1 rings (SSSR count). The molecule has 0 aliphatic rings. The Hall–Kier alpha value is -0.700. The highest BCUT2D eigenvalue weighted by Gasteiger charge is 2.12. The van der Waals surface area contributed by atoms with Gasteiger partial charge >= 0.3 is 0 Å². The van der Waals surface area contributed by atoms with Crippen molar-refractivity contribution in [2.75, 3.05) is 18.6 Å². The normalized spacial score (nSPS) is 13.9. The lowest BCUT2D eigenvalue weighted by atomic mass is 10.4. The second-order valence-electron chi connectivity index (χ2n) is 3.22. The van der Waals surface area contributed by atoms with E-state index in [1.807, 2.05) is 0 Å². The molecule has 1 unspecified atom stereocenters. The summed E-state index contributed by atoms with van der Waals surface area (Å²) < 4.78 is 37.5. The molecule has 3 N–H and O–H groups in total. The monoisotopic (exact) mass is 266 g/mol. The van der Waals surface area contributed by atoms with Gasteiger partial charge in [0.25, 0.3) is 10.0 Å². The zero-order chi connectivity index (χ0) is 12.2. The molecule has 0 bridgehead atoms. The lowest BCUT2D eigenvalue weighted by molar-refractivity contribution is 0.404. The molecule has 0 amide bonds. The zero-order valence-electron chi connectivity index (χ0n) is 8.80. The summed E-state index contributed by atoms with van der Waals surface area (Å²) in [5.74, 6) is 1.02. The van der Waals surface area contributed by atoms with Crippen LogP contribution in [0.15, 0.2) is 21.6 Å². The minimum absolute atomic E-state index is 0.247. The SMILES string of the molecule is CS(=O)CCNCc1ccc(S(N)(=O)=O)o1. The molecule has 0 saturated heterocycles. The van der Waals surface area contributed by atoms with E-state index < -0.39 is 20.8 Å². The summed E-state index contributed by atoms with van der Waals surface area (Å²) in [4.78, 5) is 0. The molecule has 1 aromatic rings. The highest BCUT2D eigenvalue weighted by atomic mass is 32.2. The highest BCUT2D eigenvalue weighted by Crippen LogP contribution is 2.11. The van der Waals surface area contributed by atoms with Gasteiger partial charge in [-0.25, -0.2) is 13.6 Å². The van der Waals surface area contributed by atoms with Crippen molar-refractivity contribution >= 4 is 20.8 Å². The first-order valence-corrected chi connectivity index (χ1v) is 7.79. The second-order valence-corrected chi connectivity index (χ2v) is 6.27. The van der Waals surface area contributed by atoms with Crippen LogP contribution < -0.4 is 10.5 Å². The number of nitrogens with one attached hydrogen (secondary N) is 1. The number of sulfonamides is 1. The van der Waals surface area contributed by atoms with Crippen molar-refractivity contribution in [2.45, 2.75) is 11.6 Å². The Kier molecular flexibility index (Phi) is 4.66. The predicted molar refractivity (Wildman–Crippen MR) is 60.7 cm³/mol. The molecule has 0 fully saturated rings. The number of nitrogens with two attached hydrogens (primary N) is 1. The maximum Gasteiger partial charge on any atom is 0.271 e. The maximum atomic E-state index is 10.9. The third-order valence-electron chi connectivity index (χ3n) is 1.78. The Morgan fingerprint density at radius 2 is 2.19 bits per heavy atom. The molecule has 92 valence electrons. The van der Waals surface area contributed by atoms with Gasteiger partial charge in [-0.05, 0) is 12.1 Å². The number of hydrogen-bond donors (Lipinski definition) is 2. The van der Waals surface area contributed by atoms with Gasteiger partial charge in [0, 0.05) is 29.4 Å². The zero-order valence-corrected chi connectivity index (χ0v) is 10.4. The van der Waals surface area contributed by atoms with Crippen molar-refractivity contribution in [3.05, 3.63) is 17.9 Å². The molecule has 0 spiro atoms. The molecule has 1 heterocycles. The van der Waals surface area contributed by atoms with Crippen molar-refractivity contribution in [1.82, 2.24) is 5.32 Å². The summed E-state index contributed by atoms with van der Waals surface area (Å²) in [5.41, 5.74) is 0. The molecular formula is C8H14N2O4S2. The maximum absolute atomic E-state index is 10.9. The van der Waals surface area contributed by atoms with Gasteiger partial charge in [0.15, 0.2) is 0 Å². The summed E-state index contributed by atoms with van der Waals surface area (Å²) >= 11 is 0. The van der Waals surface area contributed by atoms with E-state index in [2.05, 4.69) is 5.32 Å². The van der Waals surface area contributed by atoms with E-state index in [0.717, 1.165) is 0 Å². The lowest BCUT2D eigenvalue weighted by Gasteiger charge is -2.00. The smallest absolute Gasteiger partial charge is 0.271 e. The lowest BCUT2D eigenvalue weighted by Crippen LogP contribution is -2.19. The molecule has 1 aromatic heterocycles. The van der Waals surface area contributed by atoms with Crippen LogP contribution in [0.1, 0.15) is 5.76 Å².